The average molecular weight is 378 g/mol. The summed E-state index contributed by atoms with van der Waals surface area (Å²) >= 11 is 0. The van der Waals surface area contributed by atoms with Crippen molar-refractivity contribution in [1.29, 1.82) is 0 Å². The van der Waals surface area contributed by atoms with E-state index in [0.29, 0.717) is 12.1 Å². The van der Waals surface area contributed by atoms with Crippen LogP contribution in [-0.4, -0.2) is 43.2 Å². The quantitative estimate of drug-likeness (QED) is 0.621. The molecule has 2 fully saturated rings. The number of nitrogens with zero attached hydrogens (tertiary/aromatic N) is 3. The monoisotopic (exact) mass is 377 g/mol. The van der Waals surface area contributed by atoms with E-state index < -0.39 is 0 Å². The van der Waals surface area contributed by atoms with Crippen LogP contribution in [0.2, 0.25) is 0 Å². The van der Waals surface area contributed by atoms with Gasteiger partial charge in [0.1, 0.15) is 5.82 Å². The summed E-state index contributed by atoms with van der Waals surface area (Å²) in [7, 11) is 1.87. The smallest absolute Gasteiger partial charge is 0.191 e. The van der Waals surface area contributed by atoms with Crippen LogP contribution in [0.3, 0.4) is 0 Å². The van der Waals surface area contributed by atoms with E-state index >= 15 is 0 Å². The minimum Gasteiger partial charge on any atom is -0.356 e. The molecule has 28 heavy (non-hydrogen) atoms. The van der Waals surface area contributed by atoms with Gasteiger partial charge in [0.25, 0.3) is 0 Å². The maximum atomic E-state index is 4.56. The molecule has 1 aromatic carbocycles. The number of nitrogens with one attached hydrogen (secondary N) is 2. The molecule has 2 N–H and O–H groups in total. The molecule has 5 nitrogen and oxygen atoms in total. The Morgan fingerprint density at radius 2 is 1.89 bits per heavy atom. The summed E-state index contributed by atoms with van der Waals surface area (Å²) in [5.41, 5.74) is 2.64. The van der Waals surface area contributed by atoms with Gasteiger partial charge in [-0.2, -0.15) is 0 Å². The van der Waals surface area contributed by atoms with Gasteiger partial charge in [-0.25, -0.2) is 4.98 Å². The summed E-state index contributed by atoms with van der Waals surface area (Å²) in [6.07, 6.45) is 6.54. The zero-order valence-corrected chi connectivity index (χ0v) is 16.9. The van der Waals surface area contributed by atoms with Crippen molar-refractivity contribution in [3.05, 3.63) is 59.8 Å². The normalized spacial score (nSPS) is 22.8. The first-order valence-corrected chi connectivity index (χ1v) is 10.4. The van der Waals surface area contributed by atoms with Crippen molar-refractivity contribution in [1.82, 2.24) is 15.6 Å². The predicted octanol–water partition coefficient (Wildman–Crippen LogP) is 3.16. The molecule has 148 valence electrons. The van der Waals surface area contributed by atoms with Gasteiger partial charge in [0.15, 0.2) is 5.96 Å². The molecular weight excluding hydrogens is 346 g/mol. The number of anilines is 1. The van der Waals surface area contributed by atoms with Gasteiger partial charge in [-0.15, -0.1) is 0 Å². The Morgan fingerprint density at radius 1 is 1.11 bits per heavy atom. The fraction of sp³-hybridized carbons (Fsp3) is 0.478. The molecule has 1 aliphatic heterocycles. The van der Waals surface area contributed by atoms with E-state index in [4.69, 9.17) is 0 Å². The van der Waals surface area contributed by atoms with Gasteiger partial charge in [0, 0.05) is 38.4 Å². The second kappa shape index (κ2) is 8.63. The molecule has 1 saturated heterocycles. The van der Waals surface area contributed by atoms with Crippen molar-refractivity contribution in [3.63, 3.8) is 0 Å². The van der Waals surface area contributed by atoms with Gasteiger partial charge < -0.3 is 15.5 Å². The Labute approximate surface area is 168 Å². The van der Waals surface area contributed by atoms with E-state index in [1.165, 1.54) is 17.5 Å². The molecule has 1 saturated carbocycles. The van der Waals surface area contributed by atoms with Gasteiger partial charge in [0.05, 0.1) is 0 Å². The summed E-state index contributed by atoms with van der Waals surface area (Å²) in [4.78, 5) is 11.4. The van der Waals surface area contributed by atoms with Crippen LogP contribution in [0.4, 0.5) is 5.82 Å². The van der Waals surface area contributed by atoms with E-state index in [-0.39, 0.29) is 0 Å². The van der Waals surface area contributed by atoms with Crippen molar-refractivity contribution in [3.8, 4) is 0 Å². The van der Waals surface area contributed by atoms with Crippen LogP contribution in [-0.2, 0) is 6.42 Å². The molecule has 5 heteroatoms. The highest BCUT2D eigenvalue weighted by Crippen LogP contribution is 2.33. The second-order valence-corrected chi connectivity index (χ2v) is 8.11. The first-order chi connectivity index (χ1) is 13.7. The number of hydrogen-bond donors (Lipinski definition) is 2. The summed E-state index contributed by atoms with van der Waals surface area (Å²) in [5, 5.41) is 7.25. The number of rotatable bonds is 5. The highest BCUT2D eigenvalue weighted by atomic mass is 15.2. The SMILES string of the molecule is CN=C(NC1CCN(c2ccc(C)cn2)CC1)NC1CC1Cc1ccccc1. The molecule has 0 bridgehead atoms. The van der Waals surface area contributed by atoms with Gasteiger partial charge in [-0.1, -0.05) is 36.4 Å². The minimum atomic E-state index is 0.472. The lowest BCUT2D eigenvalue weighted by Crippen LogP contribution is -2.49. The van der Waals surface area contributed by atoms with Crippen LogP contribution in [0.25, 0.3) is 0 Å². The van der Waals surface area contributed by atoms with Crippen molar-refractivity contribution < 1.29 is 0 Å². The number of hydrogen-bond acceptors (Lipinski definition) is 3. The topological polar surface area (TPSA) is 52.6 Å². The fourth-order valence-electron chi connectivity index (χ4n) is 4.01. The third kappa shape index (κ3) is 4.83. The Kier molecular flexibility index (Phi) is 5.79. The maximum absolute atomic E-state index is 4.56. The summed E-state index contributed by atoms with van der Waals surface area (Å²) in [6.45, 7) is 4.14. The number of benzene rings is 1. The first kappa shape index (κ1) is 18.8. The fourth-order valence-corrected chi connectivity index (χ4v) is 4.01. The number of aliphatic imine (C=N–C) groups is 1. The van der Waals surface area contributed by atoms with Crippen molar-refractivity contribution >= 4 is 11.8 Å². The highest BCUT2D eigenvalue weighted by Gasteiger charge is 2.37. The van der Waals surface area contributed by atoms with E-state index in [0.717, 1.165) is 50.0 Å². The zero-order valence-electron chi connectivity index (χ0n) is 16.9. The minimum absolute atomic E-state index is 0.472. The van der Waals surface area contributed by atoms with Crippen molar-refractivity contribution in [2.75, 3.05) is 25.0 Å². The molecule has 1 aliphatic carbocycles. The molecular formula is C23H31N5. The van der Waals surface area contributed by atoms with Gasteiger partial charge >= 0.3 is 0 Å². The third-order valence-corrected chi connectivity index (χ3v) is 5.86. The molecule has 1 aromatic heterocycles. The molecule has 4 rings (SSSR count). The summed E-state index contributed by atoms with van der Waals surface area (Å²) in [5.74, 6) is 2.76. The van der Waals surface area contributed by atoms with Gasteiger partial charge in [0.2, 0.25) is 0 Å². The average Bonchev–Trinajstić information content (AvgIpc) is 3.46. The van der Waals surface area contributed by atoms with Crippen LogP contribution >= 0.6 is 0 Å². The van der Waals surface area contributed by atoms with E-state index in [1.54, 1.807) is 0 Å². The molecule has 0 radical (unpaired) electrons. The van der Waals surface area contributed by atoms with Gasteiger partial charge in [-0.3, -0.25) is 4.99 Å². The Balaban J connectivity index is 1.21. The number of aryl methyl sites for hydroxylation is 1. The molecule has 2 heterocycles. The molecule has 2 aliphatic rings. The van der Waals surface area contributed by atoms with Crippen molar-refractivity contribution in [2.45, 2.75) is 44.7 Å². The Hall–Kier alpha value is -2.56. The molecule has 2 aromatic rings. The maximum Gasteiger partial charge on any atom is 0.191 e. The summed E-state index contributed by atoms with van der Waals surface area (Å²) in [6, 6.07) is 16.1. The lowest BCUT2D eigenvalue weighted by Gasteiger charge is -2.33. The molecule has 0 amide bonds. The predicted molar refractivity (Wildman–Crippen MR) is 116 cm³/mol. The lowest BCUT2D eigenvalue weighted by molar-refractivity contribution is 0.459. The van der Waals surface area contributed by atoms with Crippen LogP contribution in [0, 0.1) is 12.8 Å². The molecule has 2 unspecified atom stereocenters. The first-order valence-electron chi connectivity index (χ1n) is 10.4. The number of pyridine rings is 1. The van der Waals surface area contributed by atoms with Gasteiger partial charge in [-0.05, 0) is 55.7 Å². The van der Waals surface area contributed by atoms with Crippen LogP contribution in [0.5, 0.6) is 0 Å². The number of piperidine rings is 1. The van der Waals surface area contributed by atoms with Crippen LogP contribution < -0.4 is 15.5 Å². The Bertz CT molecular complexity index is 778. The molecule has 0 spiro atoms. The lowest BCUT2D eigenvalue weighted by atomic mass is 10.1. The Morgan fingerprint density at radius 3 is 2.57 bits per heavy atom. The van der Waals surface area contributed by atoms with Crippen LogP contribution in [0.15, 0.2) is 53.7 Å². The van der Waals surface area contributed by atoms with E-state index in [9.17, 15) is 0 Å². The van der Waals surface area contributed by atoms with Crippen molar-refractivity contribution in [2.24, 2.45) is 10.9 Å². The standard InChI is InChI=1S/C23H31N5/c1-17-8-9-22(25-16-17)28-12-10-20(11-13-28)26-23(24-2)27-21-15-19(21)14-18-6-4-3-5-7-18/h3-9,16,19-21H,10-15H2,1-2H3,(H2,24,26,27). The van der Waals surface area contributed by atoms with E-state index in [1.807, 2.05) is 13.2 Å². The number of aromatic nitrogens is 1. The second-order valence-electron chi connectivity index (χ2n) is 8.11. The summed E-state index contributed by atoms with van der Waals surface area (Å²) < 4.78 is 0. The van der Waals surface area contributed by atoms with E-state index in [2.05, 4.69) is 74.9 Å². The van der Waals surface area contributed by atoms with Crippen LogP contribution in [0.1, 0.15) is 30.4 Å². The third-order valence-electron chi connectivity index (χ3n) is 5.86. The number of guanidine groups is 1. The largest absolute Gasteiger partial charge is 0.356 e. The molecule has 2 atom stereocenters. The zero-order chi connectivity index (χ0) is 19.3. The highest BCUT2D eigenvalue weighted by molar-refractivity contribution is 5.80.